The molecule has 1 aliphatic carbocycles. The molecule has 1 aromatic rings. The molecule has 0 amide bonds. The first-order valence-electron chi connectivity index (χ1n) is 10.9. The first-order chi connectivity index (χ1) is 14.0. The van der Waals surface area contributed by atoms with Crippen molar-refractivity contribution in [3.8, 4) is 5.75 Å². The molecule has 1 N–H and O–H groups in total. The van der Waals surface area contributed by atoms with E-state index >= 15 is 0 Å². The molecule has 2 fully saturated rings. The minimum atomic E-state index is -0.133. The SMILES string of the molecule is COc1cccc(CCNC[C@@H]2C(=O)O[C@H]3[C@H]2CC/C(C)=C/CC[C@@]2(C)O[C@@H]32)c1. The fourth-order valence-corrected chi connectivity index (χ4v) is 4.89. The Balaban J connectivity index is 1.36. The maximum absolute atomic E-state index is 12.7. The second-order valence-electron chi connectivity index (χ2n) is 8.96. The van der Waals surface area contributed by atoms with Crippen molar-refractivity contribution in [2.24, 2.45) is 11.8 Å². The number of hydrogen-bond acceptors (Lipinski definition) is 5. The summed E-state index contributed by atoms with van der Waals surface area (Å²) in [5.74, 6) is 0.945. The average molecular weight is 400 g/mol. The van der Waals surface area contributed by atoms with Crippen LogP contribution in [0.5, 0.6) is 5.75 Å². The highest BCUT2D eigenvalue weighted by atomic mass is 16.6. The predicted molar refractivity (Wildman–Crippen MR) is 112 cm³/mol. The molecule has 2 aliphatic heterocycles. The summed E-state index contributed by atoms with van der Waals surface area (Å²) in [5, 5.41) is 3.49. The molecule has 0 saturated carbocycles. The quantitative estimate of drug-likeness (QED) is 0.342. The standard InChI is InChI=1S/C24H33NO4/c1-16-6-5-12-24(2)22(29-24)21-19(10-9-16)20(23(26)28-21)15-25-13-11-17-7-4-8-18(14-17)27-3/h4,6-8,14,19-22,25H,5,9-13,15H2,1-3H3/b16-6+/t19-,20-,21-,22-,24+/m0/s1. The molecule has 3 aliphatic rings. The van der Waals surface area contributed by atoms with Gasteiger partial charge >= 0.3 is 5.97 Å². The van der Waals surface area contributed by atoms with E-state index in [4.69, 9.17) is 14.2 Å². The second-order valence-corrected chi connectivity index (χ2v) is 8.96. The number of benzene rings is 1. The lowest BCUT2D eigenvalue weighted by atomic mass is 9.80. The third-order valence-electron chi connectivity index (χ3n) is 6.83. The van der Waals surface area contributed by atoms with Gasteiger partial charge in [-0.3, -0.25) is 4.79 Å². The van der Waals surface area contributed by atoms with Gasteiger partial charge in [-0.2, -0.15) is 0 Å². The Labute approximate surface area is 173 Å². The van der Waals surface area contributed by atoms with Crippen LogP contribution in [-0.4, -0.2) is 44.0 Å². The predicted octanol–water partition coefficient (Wildman–Crippen LogP) is 3.66. The van der Waals surface area contributed by atoms with E-state index in [2.05, 4.69) is 37.4 Å². The summed E-state index contributed by atoms with van der Waals surface area (Å²) in [4.78, 5) is 12.7. The molecule has 2 saturated heterocycles. The van der Waals surface area contributed by atoms with Crippen molar-refractivity contribution in [1.82, 2.24) is 5.32 Å². The Kier molecular flexibility index (Phi) is 5.98. The number of hydrogen-bond donors (Lipinski definition) is 1. The highest BCUT2D eigenvalue weighted by Crippen LogP contribution is 2.50. The first kappa shape index (κ1) is 20.4. The topological polar surface area (TPSA) is 60.1 Å². The molecular formula is C24H33NO4. The molecule has 0 unspecified atom stereocenters. The largest absolute Gasteiger partial charge is 0.497 e. The van der Waals surface area contributed by atoms with E-state index in [9.17, 15) is 4.79 Å². The highest BCUT2D eigenvalue weighted by molar-refractivity contribution is 5.75. The fraction of sp³-hybridized carbons (Fsp3) is 0.625. The van der Waals surface area contributed by atoms with Crippen molar-refractivity contribution < 1.29 is 19.0 Å². The summed E-state index contributed by atoms with van der Waals surface area (Å²) in [6, 6.07) is 8.12. The molecule has 0 aromatic heterocycles. The summed E-state index contributed by atoms with van der Waals surface area (Å²) >= 11 is 0. The number of epoxide rings is 1. The van der Waals surface area contributed by atoms with Crippen LogP contribution >= 0.6 is 0 Å². The average Bonchev–Trinajstić information content (AvgIpc) is 3.28. The molecular weight excluding hydrogens is 366 g/mol. The molecule has 5 heteroatoms. The number of ether oxygens (including phenoxy) is 3. The van der Waals surface area contributed by atoms with Gasteiger partial charge < -0.3 is 19.5 Å². The van der Waals surface area contributed by atoms with Crippen LogP contribution in [-0.2, 0) is 20.7 Å². The summed E-state index contributed by atoms with van der Waals surface area (Å²) in [7, 11) is 1.68. The summed E-state index contributed by atoms with van der Waals surface area (Å²) < 4.78 is 17.2. The number of fused-ring (bicyclic) bond motifs is 3. The smallest absolute Gasteiger partial charge is 0.311 e. The number of nitrogens with one attached hydrogen (secondary N) is 1. The van der Waals surface area contributed by atoms with Crippen LogP contribution in [0.1, 0.15) is 45.1 Å². The summed E-state index contributed by atoms with van der Waals surface area (Å²) in [5.41, 5.74) is 2.51. The lowest BCUT2D eigenvalue weighted by Gasteiger charge is -2.22. The Hall–Kier alpha value is -1.85. The lowest BCUT2D eigenvalue weighted by molar-refractivity contribution is -0.144. The van der Waals surface area contributed by atoms with Crippen molar-refractivity contribution in [1.29, 1.82) is 0 Å². The van der Waals surface area contributed by atoms with Gasteiger partial charge in [0.1, 0.15) is 18.0 Å². The fourth-order valence-electron chi connectivity index (χ4n) is 4.89. The van der Waals surface area contributed by atoms with Gasteiger partial charge in [0, 0.05) is 12.5 Å². The molecule has 0 spiro atoms. The van der Waals surface area contributed by atoms with E-state index in [0.717, 1.165) is 44.4 Å². The Morgan fingerprint density at radius 3 is 3.03 bits per heavy atom. The third kappa shape index (κ3) is 4.51. The number of carbonyl (C=O) groups is 1. The van der Waals surface area contributed by atoms with Gasteiger partial charge in [-0.25, -0.2) is 0 Å². The number of allylic oxidation sites excluding steroid dienone is 2. The van der Waals surface area contributed by atoms with Crippen LogP contribution in [0, 0.1) is 11.8 Å². The molecule has 4 rings (SSSR count). The zero-order valence-electron chi connectivity index (χ0n) is 17.8. The van der Waals surface area contributed by atoms with Crippen LogP contribution in [0.3, 0.4) is 0 Å². The van der Waals surface area contributed by atoms with E-state index in [1.54, 1.807) is 7.11 Å². The van der Waals surface area contributed by atoms with Crippen LogP contribution in [0.4, 0.5) is 0 Å². The monoisotopic (exact) mass is 399 g/mol. The summed E-state index contributed by atoms with van der Waals surface area (Å²) in [6.45, 7) is 5.84. The van der Waals surface area contributed by atoms with Gasteiger partial charge in [0.15, 0.2) is 0 Å². The van der Waals surface area contributed by atoms with Crippen molar-refractivity contribution in [2.75, 3.05) is 20.2 Å². The van der Waals surface area contributed by atoms with Gasteiger partial charge in [-0.05, 0) is 70.2 Å². The van der Waals surface area contributed by atoms with E-state index in [0.29, 0.717) is 6.54 Å². The van der Waals surface area contributed by atoms with Crippen molar-refractivity contribution in [3.63, 3.8) is 0 Å². The minimum absolute atomic E-state index is 0.0602. The Morgan fingerprint density at radius 1 is 1.34 bits per heavy atom. The van der Waals surface area contributed by atoms with Gasteiger partial charge in [-0.1, -0.05) is 23.8 Å². The molecule has 0 radical (unpaired) electrons. The molecule has 0 bridgehead atoms. The molecule has 158 valence electrons. The number of carbonyl (C=O) groups excluding carboxylic acids is 1. The van der Waals surface area contributed by atoms with Gasteiger partial charge in [0.25, 0.3) is 0 Å². The Morgan fingerprint density at radius 2 is 2.21 bits per heavy atom. The normalized spacial score (nSPS) is 35.7. The van der Waals surface area contributed by atoms with E-state index in [1.807, 2.05) is 12.1 Å². The van der Waals surface area contributed by atoms with Crippen LogP contribution in [0.15, 0.2) is 35.9 Å². The van der Waals surface area contributed by atoms with E-state index in [-0.39, 0.29) is 35.6 Å². The third-order valence-corrected chi connectivity index (χ3v) is 6.83. The van der Waals surface area contributed by atoms with Crippen molar-refractivity contribution in [2.45, 2.75) is 63.8 Å². The van der Waals surface area contributed by atoms with E-state index < -0.39 is 0 Å². The minimum Gasteiger partial charge on any atom is -0.497 e. The van der Waals surface area contributed by atoms with Gasteiger partial charge in [-0.15, -0.1) is 0 Å². The molecule has 5 nitrogen and oxygen atoms in total. The maximum atomic E-state index is 12.7. The van der Waals surface area contributed by atoms with Crippen LogP contribution < -0.4 is 10.1 Å². The van der Waals surface area contributed by atoms with Crippen molar-refractivity contribution in [3.05, 3.63) is 41.5 Å². The zero-order valence-corrected chi connectivity index (χ0v) is 17.8. The van der Waals surface area contributed by atoms with Crippen LogP contribution in [0.25, 0.3) is 0 Å². The summed E-state index contributed by atoms with van der Waals surface area (Å²) in [6.07, 6.45) is 7.26. The maximum Gasteiger partial charge on any atom is 0.311 e. The molecule has 29 heavy (non-hydrogen) atoms. The highest BCUT2D eigenvalue weighted by Gasteiger charge is 2.62. The van der Waals surface area contributed by atoms with Gasteiger partial charge in [0.05, 0.1) is 18.6 Å². The first-order valence-corrected chi connectivity index (χ1v) is 10.9. The van der Waals surface area contributed by atoms with Gasteiger partial charge in [0.2, 0.25) is 0 Å². The van der Waals surface area contributed by atoms with Crippen molar-refractivity contribution >= 4 is 5.97 Å². The van der Waals surface area contributed by atoms with Crippen LogP contribution in [0.2, 0.25) is 0 Å². The molecule has 2 heterocycles. The number of esters is 1. The number of methoxy groups -OCH3 is 1. The van der Waals surface area contributed by atoms with E-state index in [1.165, 1.54) is 11.1 Å². The number of rotatable bonds is 6. The Bertz CT molecular complexity index is 776. The lowest BCUT2D eigenvalue weighted by Crippen LogP contribution is -2.35. The zero-order chi connectivity index (χ0) is 20.4. The second kappa shape index (κ2) is 8.49. The molecule has 5 atom stereocenters. The molecule has 1 aromatic carbocycles.